The van der Waals surface area contributed by atoms with Crippen LogP contribution in [0.2, 0.25) is 0 Å². The summed E-state index contributed by atoms with van der Waals surface area (Å²) in [5, 5.41) is 3.74. The van der Waals surface area contributed by atoms with E-state index in [1.165, 1.54) is 31.4 Å². The summed E-state index contributed by atoms with van der Waals surface area (Å²) < 4.78 is 1.06. The monoisotopic (exact) mass is 324 g/mol. The van der Waals surface area contributed by atoms with E-state index in [-0.39, 0.29) is 0 Å². The van der Waals surface area contributed by atoms with Crippen LogP contribution in [0.15, 0.2) is 22.8 Å². The molecule has 3 heteroatoms. The number of rotatable bonds is 5. The van der Waals surface area contributed by atoms with Crippen LogP contribution in [0.5, 0.6) is 0 Å². The Hall–Kier alpha value is -0.410. The van der Waals surface area contributed by atoms with Gasteiger partial charge in [-0.25, -0.2) is 0 Å². The lowest BCUT2D eigenvalue weighted by Crippen LogP contribution is -2.41. The van der Waals surface area contributed by atoms with Crippen LogP contribution in [-0.4, -0.2) is 17.6 Å². The number of nitrogens with zero attached hydrogens (tertiary/aromatic N) is 1. The van der Waals surface area contributed by atoms with E-state index >= 15 is 0 Å². The van der Waals surface area contributed by atoms with E-state index in [1.54, 1.807) is 0 Å². The summed E-state index contributed by atoms with van der Waals surface area (Å²) in [6.45, 7) is 5.77. The van der Waals surface area contributed by atoms with Gasteiger partial charge >= 0.3 is 0 Å². The van der Waals surface area contributed by atoms with E-state index in [1.807, 2.05) is 6.20 Å². The molecule has 1 fully saturated rings. The fourth-order valence-electron chi connectivity index (χ4n) is 3.12. The smallest absolute Gasteiger partial charge is 0.0413 e. The van der Waals surface area contributed by atoms with Crippen LogP contribution in [0.3, 0.4) is 0 Å². The summed E-state index contributed by atoms with van der Waals surface area (Å²) in [5.41, 5.74) is 1.23. The van der Waals surface area contributed by atoms with Gasteiger partial charge in [-0.2, -0.15) is 0 Å². The van der Waals surface area contributed by atoms with Crippen LogP contribution in [0.25, 0.3) is 0 Å². The number of hydrogen-bond donors (Lipinski definition) is 1. The second-order valence-electron chi connectivity index (χ2n) is 5.91. The van der Waals surface area contributed by atoms with Crippen LogP contribution in [-0.2, 0) is 6.42 Å². The summed E-state index contributed by atoms with van der Waals surface area (Å²) in [6.07, 6.45) is 8.26. The molecule has 1 aliphatic carbocycles. The molecule has 2 nitrogen and oxygen atoms in total. The first-order valence-corrected chi connectivity index (χ1v) is 8.32. The maximum absolute atomic E-state index is 4.54. The number of halogens is 1. The number of aromatic nitrogens is 1. The molecule has 19 heavy (non-hydrogen) atoms. The van der Waals surface area contributed by atoms with Crippen LogP contribution in [0, 0.1) is 11.8 Å². The highest BCUT2D eigenvalue weighted by Crippen LogP contribution is 2.31. The summed E-state index contributed by atoms with van der Waals surface area (Å²) in [7, 11) is 0. The predicted molar refractivity (Wildman–Crippen MR) is 84.2 cm³/mol. The van der Waals surface area contributed by atoms with Crippen molar-refractivity contribution in [3.05, 3.63) is 28.5 Å². The standard InChI is InChI=1S/C16H25BrN2/c1-3-8-18-16-7-4-12(2)9-13(16)10-15-6-5-14(17)11-19-15/h5-6,11-13,16,18H,3-4,7-10H2,1-2H3. The molecule has 0 aromatic carbocycles. The maximum Gasteiger partial charge on any atom is 0.0413 e. The van der Waals surface area contributed by atoms with Gasteiger partial charge in [0.25, 0.3) is 0 Å². The minimum atomic E-state index is 0.682. The van der Waals surface area contributed by atoms with Crippen molar-refractivity contribution in [1.29, 1.82) is 0 Å². The molecule has 0 radical (unpaired) electrons. The largest absolute Gasteiger partial charge is 0.314 e. The fourth-order valence-corrected chi connectivity index (χ4v) is 3.35. The van der Waals surface area contributed by atoms with Gasteiger partial charge in [0.2, 0.25) is 0 Å². The summed E-state index contributed by atoms with van der Waals surface area (Å²) in [6, 6.07) is 4.94. The number of nitrogens with one attached hydrogen (secondary N) is 1. The molecule has 1 heterocycles. The average molecular weight is 325 g/mol. The van der Waals surface area contributed by atoms with E-state index in [0.717, 1.165) is 29.3 Å². The fraction of sp³-hybridized carbons (Fsp3) is 0.688. The molecule has 3 atom stereocenters. The molecular formula is C16H25BrN2. The van der Waals surface area contributed by atoms with Crippen molar-refractivity contribution in [2.75, 3.05) is 6.54 Å². The lowest BCUT2D eigenvalue weighted by atomic mass is 9.76. The number of hydrogen-bond acceptors (Lipinski definition) is 2. The van der Waals surface area contributed by atoms with E-state index in [4.69, 9.17) is 0 Å². The van der Waals surface area contributed by atoms with Crippen molar-refractivity contribution < 1.29 is 0 Å². The third-order valence-electron chi connectivity index (χ3n) is 4.16. The van der Waals surface area contributed by atoms with Gasteiger partial charge in [-0.05, 0) is 78.5 Å². The molecular weight excluding hydrogens is 300 g/mol. The average Bonchev–Trinajstić information content (AvgIpc) is 2.40. The van der Waals surface area contributed by atoms with Crippen molar-refractivity contribution in [2.45, 2.75) is 52.0 Å². The molecule has 0 aliphatic heterocycles. The Balaban J connectivity index is 1.98. The van der Waals surface area contributed by atoms with Gasteiger partial charge in [-0.3, -0.25) is 4.98 Å². The molecule has 0 spiro atoms. The molecule has 1 aromatic rings. The quantitative estimate of drug-likeness (QED) is 0.878. The Kier molecular flexibility index (Phi) is 5.83. The Morgan fingerprint density at radius 3 is 2.89 bits per heavy atom. The lowest BCUT2D eigenvalue weighted by Gasteiger charge is -2.35. The molecule has 2 rings (SSSR count). The first-order valence-electron chi connectivity index (χ1n) is 7.52. The lowest BCUT2D eigenvalue weighted by molar-refractivity contribution is 0.211. The van der Waals surface area contributed by atoms with Crippen LogP contribution in [0.1, 0.15) is 45.2 Å². The predicted octanol–water partition coefficient (Wildman–Crippen LogP) is 4.19. The summed E-state index contributed by atoms with van der Waals surface area (Å²) >= 11 is 3.45. The minimum absolute atomic E-state index is 0.682. The summed E-state index contributed by atoms with van der Waals surface area (Å²) in [5.74, 6) is 1.60. The van der Waals surface area contributed by atoms with Crippen molar-refractivity contribution in [3.63, 3.8) is 0 Å². The van der Waals surface area contributed by atoms with Gasteiger partial charge in [0.1, 0.15) is 0 Å². The molecule has 0 bridgehead atoms. The third kappa shape index (κ3) is 4.57. The van der Waals surface area contributed by atoms with Crippen molar-refractivity contribution >= 4 is 15.9 Å². The van der Waals surface area contributed by atoms with Gasteiger partial charge in [0.15, 0.2) is 0 Å². The van der Waals surface area contributed by atoms with Crippen LogP contribution in [0.4, 0.5) is 0 Å². The Morgan fingerprint density at radius 1 is 1.37 bits per heavy atom. The third-order valence-corrected chi connectivity index (χ3v) is 4.63. The van der Waals surface area contributed by atoms with E-state index in [2.05, 4.69) is 52.2 Å². The molecule has 1 N–H and O–H groups in total. The maximum atomic E-state index is 4.54. The first-order chi connectivity index (χ1) is 9.19. The van der Waals surface area contributed by atoms with Crippen molar-refractivity contribution in [2.24, 2.45) is 11.8 Å². The van der Waals surface area contributed by atoms with Gasteiger partial charge in [0.05, 0.1) is 0 Å². The SMILES string of the molecule is CCCNC1CCC(C)CC1Cc1ccc(Br)cn1. The second kappa shape index (κ2) is 7.39. The highest BCUT2D eigenvalue weighted by Gasteiger charge is 2.28. The Bertz CT molecular complexity index is 375. The molecule has 1 saturated carbocycles. The van der Waals surface area contributed by atoms with Crippen molar-refractivity contribution in [1.82, 2.24) is 10.3 Å². The van der Waals surface area contributed by atoms with E-state index in [0.29, 0.717) is 6.04 Å². The normalized spacial score (nSPS) is 27.4. The molecule has 0 saturated heterocycles. The first kappa shape index (κ1) is 15.0. The zero-order valence-electron chi connectivity index (χ0n) is 12.0. The van der Waals surface area contributed by atoms with Crippen LogP contribution >= 0.6 is 15.9 Å². The Labute approximate surface area is 125 Å². The molecule has 1 aromatic heterocycles. The van der Waals surface area contributed by atoms with E-state index in [9.17, 15) is 0 Å². The Morgan fingerprint density at radius 2 is 2.21 bits per heavy atom. The molecule has 0 amide bonds. The highest BCUT2D eigenvalue weighted by molar-refractivity contribution is 9.10. The topological polar surface area (TPSA) is 24.9 Å². The zero-order chi connectivity index (χ0) is 13.7. The summed E-state index contributed by atoms with van der Waals surface area (Å²) in [4.78, 5) is 4.54. The van der Waals surface area contributed by atoms with Gasteiger partial charge in [-0.15, -0.1) is 0 Å². The molecule has 1 aliphatic rings. The second-order valence-corrected chi connectivity index (χ2v) is 6.83. The van der Waals surface area contributed by atoms with E-state index < -0.39 is 0 Å². The van der Waals surface area contributed by atoms with Gasteiger partial charge < -0.3 is 5.32 Å². The van der Waals surface area contributed by atoms with Crippen LogP contribution < -0.4 is 5.32 Å². The number of pyridine rings is 1. The van der Waals surface area contributed by atoms with Gasteiger partial charge in [0, 0.05) is 22.4 Å². The van der Waals surface area contributed by atoms with Crippen molar-refractivity contribution in [3.8, 4) is 0 Å². The minimum Gasteiger partial charge on any atom is -0.314 e. The molecule has 106 valence electrons. The van der Waals surface area contributed by atoms with Gasteiger partial charge in [-0.1, -0.05) is 13.8 Å². The zero-order valence-corrected chi connectivity index (χ0v) is 13.6. The highest BCUT2D eigenvalue weighted by atomic mass is 79.9. The molecule has 3 unspecified atom stereocenters.